The number of carbonyl (C=O) groups is 2. The summed E-state index contributed by atoms with van der Waals surface area (Å²) in [4.78, 5) is 36.7. The summed E-state index contributed by atoms with van der Waals surface area (Å²) in [6, 6.07) is 8.39. The highest BCUT2D eigenvalue weighted by Gasteiger charge is 2.36. The Kier molecular flexibility index (Phi) is 8.47. The number of aromatic nitrogens is 1. The van der Waals surface area contributed by atoms with Gasteiger partial charge in [-0.3, -0.25) is 19.5 Å². The molecule has 0 bridgehead atoms. The molecule has 8 heteroatoms. The van der Waals surface area contributed by atoms with E-state index in [2.05, 4.69) is 35.9 Å². The molecule has 0 saturated carbocycles. The van der Waals surface area contributed by atoms with E-state index in [0.717, 1.165) is 80.9 Å². The first-order valence-corrected chi connectivity index (χ1v) is 14.2. The number of pyridine rings is 1. The first kappa shape index (κ1) is 26.5. The van der Waals surface area contributed by atoms with E-state index in [4.69, 9.17) is 9.47 Å². The molecule has 3 aliphatic rings. The molecular weight excluding hydrogens is 480 g/mol. The fourth-order valence-electron chi connectivity index (χ4n) is 6.06. The number of fused-ring (bicyclic) bond motifs is 1. The van der Waals surface area contributed by atoms with E-state index in [-0.39, 0.29) is 24.6 Å². The molecule has 2 atom stereocenters. The van der Waals surface area contributed by atoms with Crippen LogP contribution in [0.4, 0.5) is 5.69 Å². The predicted octanol–water partition coefficient (Wildman–Crippen LogP) is 4.51. The lowest BCUT2D eigenvalue weighted by molar-refractivity contribution is -0.133. The van der Waals surface area contributed by atoms with Crippen LogP contribution in [0.15, 0.2) is 36.7 Å². The van der Waals surface area contributed by atoms with Crippen molar-refractivity contribution < 1.29 is 19.1 Å². The summed E-state index contributed by atoms with van der Waals surface area (Å²) in [6.45, 7) is 7.92. The van der Waals surface area contributed by atoms with Crippen molar-refractivity contribution >= 4 is 17.5 Å². The zero-order chi connectivity index (χ0) is 26.5. The van der Waals surface area contributed by atoms with E-state index in [1.165, 1.54) is 5.56 Å². The van der Waals surface area contributed by atoms with Crippen LogP contribution in [-0.4, -0.2) is 72.2 Å². The normalized spacial score (nSPS) is 21.2. The molecule has 8 nitrogen and oxygen atoms in total. The van der Waals surface area contributed by atoms with Crippen molar-refractivity contribution in [3.05, 3.63) is 47.8 Å². The Bertz CT molecular complexity index is 1120. The lowest BCUT2D eigenvalue weighted by Gasteiger charge is -2.31. The molecule has 4 heterocycles. The lowest BCUT2D eigenvalue weighted by Crippen LogP contribution is -2.44. The second kappa shape index (κ2) is 12.2. The van der Waals surface area contributed by atoms with Crippen molar-refractivity contribution in [1.29, 1.82) is 0 Å². The first-order valence-electron chi connectivity index (χ1n) is 14.2. The molecule has 0 aliphatic carbocycles. The van der Waals surface area contributed by atoms with Crippen LogP contribution in [0.25, 0.3) is 0 Å². The number of nitrogens with zero attached hydrogens (tertiary/aromatic N) is 4. The van der Waals surface area contributed by atoms with Crippen LogP contribution < -0.4 is 14.4 Å². The standard InChI is InChI=1S/C30H40N4O4/c1-3-4-13-34(26-8-7-11-31-18-26)29(36)20-33-19-24(23-15-22(2)30-27(17-23)37-21-38-30)16-25(33)10-14-32-12-6-5-9-28(32)35/h7-8,11,15,17-18,24-25H,3-6,9-10,12-14,16,19-21H2,1-2H3/t24-,25+/m1/s1. The van der Waals surface area contributed by atoms with Gasteiger partial charge in [0.25, 0.3) is 0 Å². The summed E-state index contributed by atoms with van der Waals surface area (Å²) in [6.07, 6.45) is 10.0. The zero-order valence-corrected chi connectivity index (χ0v) is 22.7. The number of benzene rings is 1. The van der Waals surface area contributed by atoms with Gasteiger partial charge in [-0.2, -0.15) is 0 Å². The van der Waals surface area contributed by atoms with Crippen LogP contribution in [0.5, 0.6) is 11.5 Å². The molecule has 0 unspecified atom stereocenters. The molecule has 5 rings (SSSR count). The third-order valence-corrected chi connectivity index (χ3v) is 8.17. The van der Waals surface area contributed by atoms with Crippen LogP contribution in [0.2, 0.25) is 0 Å². The maximum Gasteiger partial charge on any atom is 0.241 e. The molecule has 0 spiro atoms. The monoisotopic (exact) mass is 520 g/mol. The van der Waals surface area contributed by atoms with Gasteiger partial charge in [0.15, 0.2) is 11.5 Å². The quantitative estimate of drug-likeness (QED) is 0.459. The van der Waals surface area contributed by atoms with E-state index < -0.39 is 0 Å². The molecule has 0 radical (unpaired) electrons. The number of likely N-dealkylation sites (tertiary alicyclic amines) is 2. The third-order valence-electron chi connectivity index (χ3n) is 8.17. The van der Waals surface area contributed by atoms with Gasteiger partial charge in [0.2, 0.25) is 18.6 Å². The smallest absolute Gasteiger partial charge is 0.241 e. The van der Waals surface area contributed by atoms with E-state index in [9.17, 15) is 9.59 Å². The Labute approximate surface area is 225 Å². The third kappa shape index (κ3) is 5.96. The van der Waals surface area contributed by atoms with Crippen molar-refractivity contribution in [1.82, 2.24) is 14.8 Å². The van der Waals surface area contributed by atoms with E-state index in [0.29, 0.717) is 25.4 Å². The van der Waals surface area contributed by atoms with E-state index in [1.54, 1.807) is 12.4 Å². The van der Waals surface area contributed by atoms with Crippen molar-refractivity contribution in [3.63, 3.8) is 0 Å². The van der Waals surface area contributed by atoms with Crippen molar-refractivity contribution in [3.8, 4) is 11.5 Å². The summed E-state index contributed by atoms with van der Waals surface area (Å²) >= 11 is 0. The highest BCUT2D eigenvalue weighted by Crippen LogP contribution is 2.41. The number of piperidine rings is 1. The van der Waals surface area contributed by atoms with Gasteiger partial charge in [-0.1, -0.05) is 19.4 Å². The van der Waals surface area contributed by atoms with Gasteiger partial charge in [-0.05, 0) is 74.3 Å². The molecule has 0 N–H and O–H groups in total. The Morgan fingerprint density at radius 1 is 1.24 bits per heavy atom. The minimum atomic E-state index is 0.105. The number of hydrogen-bond acceptors (Lipinski definition) is 6. The number of anilines is 1. The highest BCUT2D eigenvalue weighted by molar-refractivity contribution is 5.94. The van der Waals surface area contributed by atoms with Gasteiger partial charge in [-0.25, -0.2) is 0 Å². The van der Waals surface area contributed by atoms with Gasteiger partial charge in [-0.15, -0.1) is 0 Å². The highest BCUT2D eigenvalue weighted by atomic mass is 16.7. The number of amides is 2. The number of hydrogen-bond donors (Lipinski definition) is 0. The number of aryl methyl sites for hydroxylation is 1. The zero-order valence-electron chi connectivity index (χ0n) is 22.7. The van der Waals surface area contributed by atoms with Gasteiger partial charge < -0.3 is 19.3 Å². The molecular formula is C30H40N4O4. The second-order valence-electron chi connectivity index (χ2n) is 10.8. The average Bonchev–Trinajstić information content (AvgIpc) is 3.56. The maximum atomic E-state index is 13.7. The number of rotatable bonds is 10. The van der Waals surface area contributed by atoms with Crippen LogP contribution in [0.1, 0.15) is 68.9 Å². The van der Waals surface area contributed by atoms with Gasteiger partial charge >= 0.3 is 0 Å². The van der Waals surface area contributed by atoms with Crippen molar-refractivity contribution in [2.75, 3.05) is 44.4 Å². The van der Waals surface area contributed by atoms with Gasteiger partial charge in [0, 0.05) is 44.8 Å². The van der Waals surface area contributed by atoms with Gasteiger partial charge in [0.05, 0.1) is 18.4 Å². The Morgan fingerprint density at radius 2 is 2.13 bits per heavy atom. The maximum absolute atomic E-state index is 13.7. The van der Waals surface area contributed by atoms with E-state index in [1.807, 2.05) is 21.9 Å². The van der Waals surface area contributed by atoms with Crippen LogP contribution in [0, 0.1) is 6.92 Å². The van der Waals surface area contributed by atoms with E-state index >= 15 is 0 Å². The molecule has 1 aromatic carbocycles. The summed E-state index contributed by atoms with van der Waals surface area (Å²) in [7, 11) is 0. The van der Waals surface area contributed by atoms with Crippen LogP contribution in [0.3, 0.4) is 0 Å². The van der Waals surface area contributed by atoms with Crippen LogP contribution >= 0.6 is 0 Å². The predicted molar refractivity (Wildman–Crippen MR) is 147 cm³/mol. The average molecular weight is 521 g/mol. The van der Waals surface area contributed by atoms with Crippen molar-refractivity contribution in [2.45, 2.75) is 70.8 Å². The summed E-state index contributed by atoms with van der Waals surface area (Å²) < 4.78 is 11.3. The van der Waals surface area contributed by atoms with Gasteiger partial charge in [0.1, 0.15) is 0 Å². The molecule has 38 heavy (non-hydrogen) atoms. The molecule has 2 fully saturated rings. The number of unbranched alkanes of at least 4 members (excludes halogenated alkanes) is 1. The van der Waals surface area contributed by atoms with Crippen molar-refractivity contribution in [2.24, 2.45) is 0 Å². The second-order valence-corrected chi connectivity index (χ2v) is 10.8. The summed E-state index contributed by atoms with van der Waals surface area (Å²) in [5, 5.41) is 0. The molecule has 1 aromatic heterocycles. The molecule has 2 amide bonds. The number of ether oxygens (including phenoxy) is 2. The SMILES string of the molecule is CCCCN(C(=O)CN1C[C@H](c2cc(C)c3c(c2)OCO3)C[C@@H]1CCN1CCCCC1=O)c1cccnc1. The minimum absolute atomic E-state index is 0.105. The largest absolute Gasteiger partial charge is 0.454 e. The summed E-state index contributed by atoms with van der Waals surface area (Å²) in [5.74, 6) is 2.31. The Hall–Kier alpha value is -3.13. The molecule has 2 aromatic rings. The lowest BCUT2D eigenvalue weighted by atomic mass is 9.93. The topological polar surface area (TPSA) is 75.2 Å². The molecule has 204 valence electrons. The van der Waals surface area contributed by atoms with Crippen LogP contribution in [-0.2, 0) is 9.59 Å². The number of carbonyl (C=O) groups excluding carboxylic acids is 2. The minimum Gasteiger partial charge on any atom is -0.454 e. The first-order chi connectivity index (χ1) is 18.5. The Balaban J connectivity index is 1.34. The molecule has 3 aliphatic heterocycles. The molecule has 2 saturated heterocycles. The summed E-state index contributed by atoms with van der Waals surface area (Å²) in [5.41, 5.74) is 3.17. The Morgan fingerprint density at radius 3 is 2.92 bits per heavy atom. The fourth-order valence-corrected chi connectivity index (χ4v) is 6.06. The fraction of sp³-hybridized carbons (Fsp3) is 0.567.